The summed E-state index contributed by atoms with van der Waals surface area (Å²) in [5.41, 5.74) is 1.41. The van der Waals surface area contributed by atoms with E-state index in [0.29, 0.717) is 12.1 Å². The highest BCUT2D eigenvalue weighted by Gasteiger charge is 2.42. The van der Waals surface area contributed by atoms with Crippen molar-refractivity contribution < 1.29 is 9.90 Å². The number of aliphatic hydroxyl groups excluding tert-OH is 1. The van der Waals surface area contributed by atoms with E-state index in [1.807, 2.05) is 14.0 Å². The minimum atomic E-state index is -0.0883. The molecule has 5 nitrogen and oxygen atoms in total. The van der Waals surface area contributed by atoms with Crippen LogP contribution in [0.3, 0.4) is 0 Å². The molecule has 1 fully saturated rings. The molecule has 5 heteroatoms. The van der Waals surface area contributed by atoms with Gasteiger partial charge in [0.2, 0.25) is 0 Å². The molecule has 0 bridgehead atoms. The summed E-state index contributed by atoms with van der Waals surface area (Å²) in [6.07, 6.45) is 4.48. The number of nitrogens with zero attached hydrogens (tertiary/aromatic N) is 2. The molecule has 1 aliphatic rings. The molecule has 0 atom stereocenters. The van der Waals surface area contributed by atoms with E-state index in [4.69, 9.17) is 0 Å². The molecular formula is C12H19N3O2. The molecule has 1 heterocycles. The van der Waals surface area contributed by atoms with Gasteiger partial charge in [-0.3, -0.25) is 9.48 Å². The zero-order valence-electron chi connectivity index (χ0n) is 10.4. The molecule has 0 spiro atoms. The van der Waals surface area contributed by atoms with Crippen molar-refractivity contribution in [2.24, 2.45) is 12.5 Å². The van der Waals surface area contributed by atoms with Crippen molar-refractivity contribution in [3.63, 3.8) is 0 Å². The average molecular weight is 237 g/mol. The van der Waals surface area contributed by atoms with Crippen LogP contribution in [0.15, 0.2) is 6.20 Å². The van der Waals surface area contributed by atoms with Gasteiger partial charge in [0, 0.05) is 25.2 Å². The third kappa shape index (κ3) is 2.49. The van der Waals surface area contributed by atoms with Crippen LogP contribution in [0.4, 0.5) is 0 Å². The van der Waals surface area contributed by atoms with Crippen molar-refractivity contribution in [1.82, 2.24) is 15.1 Å². The van der Waals surface area contributed by atoms with Gasteiger partial charge in [-0.2, -0.15) is 5.10 Å². The van der Waals surface area contributed by atoms with Crippen LogP contribution < -0.4 is 5.32 Å². The second kappa shape index (κ2) is 4.49. The summed E-state index contributed by atoms with van der Waals surface area (Å²) < 4.78 is 1.66. The molecule has 0 aliphatic heterocycles. The van der Waals surface area contributed by atoms with E-state index in [0.717, 1.165) is 25.0 Å². The molecule has 1 amide bonds. The Morgan fingerprint density at radius 2 is 2.35 bits per heavy atom. The lowest BCUT2D eigenvalue weighted by Gasteiger charge is -2.12. The highest BCUT2D eigenvalue weighted by atomic mass is 16.3. The van der Waals surface area contributed by atoms with Crippen LogP contribution in [-0.2, 0) is 13.5 Å². The maximum Gasteiger partial charge on any atom is 0.254 e. The summed E-state index contributed by atoms with van der Waals surface area (Å²) in [5.74, 6) is -0.0883. The van der Waals surface area contributed by atoms with Gasteiger partial charge in [-0.1, -0.05) is 6.92 Å². The second-order valence-electron chi connectivity index (χ2n) is 4.86. The standard InChI is InChI=1S/C12H19N3O2/c1-3-10-9(6-15(2)14-10)11(17)13-7-12(8-16)4-5-12/h6,16H,3-5,7-8H2,1-2H3,(H,13,17). The Bertz CT molecular complexity index is 421. The van der Waals surface area contributed by atoms with Crippen molar-refractivity contribution in [1.29, 1.82) is 0 Å². The predicted molar refractivity (Wildman–Crippen MR) is 63.7 cm³/mol. The molecule has 1 aromatic rings. The number of aliphatic hydroxyl groups is 1. The number of aromatic nitrogens is 2. The third-order valence-electron chi connectivity index (χ3n) is 3.40. The van der Waals surface area contributed by atoms with Gasteiger partial charge >= 0.3 is 0 Å². The normalized spacial score (nSPS) is 16.9. The van der Waals surface area contributed by atoms with Crippen LogP contribution in [0, 0.1) is 5.41 Å². The van der Waals surface area contributed by atoms with Crippen LogP contribution in [0.5, 0.6) is 0 Å². The topological polar surface area (TPSA) is 67.2 Å². The smallest absolute Gasteiger partial charge is 0.254 e. The molecule has 94 valence electrons. The quantitative estimate of drug-likeness (QED) is 0.783. The minimum absolute atomic E-state index is 0.0513. The monoisotopic (exact) mass is 237 g/mol. The van der Waals surface area contributed by atoms with Crippen LogP contribution >= 0.6 is 0 Å². The zero-order valence-corrected chi connectivity index (χ0v) is 10.4. The first-order chi connectivity index (χ1) is 8.10. The third-order valence-corrected chi connectivity index (χ3v) is 3.40. The highest BCUT2D eigenvalue weighted by Crippen LogP contribution is 2.44. The van der Waals surface area contributed by atoms with E-state index in [-0.39, 0.29) is 17.9 Å². The first-order valence-corrected chi connectivity index (χ1v) is 6.02. The van der Waals surface area contributed by atoms with Crippen molar-refractivity contribution in [2.45, 2.75) is 26.2 Å². The molecule has 0 aromatic carbocycles. The lowest BCUT2D eigenvalue weighted by molar-refractivity contribution is 0.0934. The van der Waals surface area contributed by atoms with E-state index in [2.05, 4.69) is 10.4 Å². The van der Waals surface area contributed by atoms with Gasteiger partial charge in [0.15, 0.2) is 0 Å². The zero-order chi connectivity index (χ0) is 12.5. The van der Waals surface area contributed by atoms with Gasteiger partial charge in [0.25, 0.3) is 5.91 Å². The Morgan fingerprint density at radius 1 is 1.65 bits per heavy atom. The average Bonchev–Trinajstić information content (AvgIpc) is 3.02. The number of nitrogens with one attached hydrogen (secondary N) is 1. The molecular weight excluding hydrogens is 218 g/mol. The Kier molecular flexibility index (Phi) is 3.19. The van der Waals surface area contributed by atoms with Gasteiger partial charge in [-0.25, -0.2) is 0 Å². The van der Waals surface area contributed by atoms with Gasteiger partial charge < -0.3 is 10.4 Å². The summed E-state index contributed by atoms with van der Waals surface area (Å²) >= 11 is 0. The minimum Gasteiger partial charge on any atom is -0.396 e. The van der Waals surface area contributed by atoms with Gasteiger partial charge in [-0.05, 0) is 19.3 Å². The number of hydrogen-bond donors (Lipinski definition) is 2. The molecule has 1 aliphatic carbocycles. The summed E-state index contributed by atoms with van der Waals surface area (Å²) in [5, 5.41) is 16.3. The van der Waals surface area contributed by atoms with Crippen molar-refractivity contribution in [3.05, 3.63) is 17.5 Å². The highest BCUT2D eigenvalue weighted by molar-refractivity contribution is 5.95. The number of carbonyl (C=O) groups is 1. The van der Waals surface area contributed by atoms with Crippen molar-refractivity contribution >= 4 is 5.91 Å². The molecule has 0 unspecified atom stereocenters. The van der Waals surface area contributed by atoms with E-state index in [1.165, 1.54) is 0 Å². The number of amides is 1. The summed E-state index contributed by atoms with van der Waals surface area (Å²) in [7, 11) is 1.81. The molecule has 1 aromatic heterocycles. The van der Waals surface area contributed by atoms with E-state index < -0.39 is 0 Å². The summed E-state index contributed by atoms with van der Waals surface area (Å²) in [6.45, 7) is 2.69. The van der Waals surface area contributed by atoms with Crippen LogP contribution in [0.2, 0.25) is 0 Å². The number of hydrogen-bond acceptors (Lipinski definition) is 3. The summed E-state index contributed by atoms with van der Waals surface area (Å²) in [6, 6.07) is 0. The molecule has 0 radical (unpaired) electrons. The fourth-order valence-electron chi connectivity index (χ4n) is 1.92. The second-order valence-corrected chi connectivity index (χ2v) is 4.86. The van der Waals surface area contributed by atoms with Gasteiger partial charge in [0.1, 0.15) is 0 Å². The lowest BCUT2D eigenvalue weighted by Crippen LogP contribution is -2.32. The van der Waals surface area contributed by atoms with Gasteiger partial charge in [0.05, 0.1) is 17.9 Å². The van der Waals surface area contributed by atoms with Crippen LogP contribution in [0.1, 0.15) is 35.8 Å². The molecule has 2 rings (SSSR count). The van der Waals surface area contributed by atoms with E-state index in [1.54, 1.807) is 10.9 Å². The SMILES string of the molecule is CCc1nn(C)cc1C(=O)NCC1(CO)CC1. The van der Waals surface area contributed by atoms with Crippen molar-refractivity contribution in [3.8, 4) is 0 Å². The van der Waals surface area contributed by atoms with Gasteiger partial charge in [-0.15, -0.1) is 0 Å². The number of aryl methyl sites for hydroxylation is 2. The fraction of sp³-hybridized carbons (Fsp3) is 0.667. The lowest BCUT2D eigenvalue weighted by atomic mass is 10.1. The molecule has 0 saturated heterocycles. The predicted octanol–water partition coefficient (Wildman–Crippen LogP) is 0.485. The number of rotatable bonds is 5. The van der Waals surface area contributed by atoms with Crippen molar-refractivity contribution in [2.75, 3.05) is 13.2 Å². The van der Waals surface area contributed by atoms with Crippen LogP contribution in [0.25, 0.3) is 0 Å². The van der Waals surface area contributed by atoms with Crippen LogP contribution in [-0.4, -0.2) is 33.9 Å². The number of carbonyl (C=O) groups excluding carboxylic acids is 1. The summed E-state index contributed by atoms with van der Waals surface area (Å²) in [4.78, 5) is 12.0. The maximum absolute atomic E-state index is 12.0. The van der Waals surface area contributed by atoms with E-state index >= 15 is 0 Å². The first-order valence-electron chi connectivity index (χ1n) is 6.02. The molecule has 17 heavy (non-hydrogen) atoms. The first kappa shape index (κ1) is 12.1. The Morgan fingerprint density at radius 3 is 2.88 bits per heavy atom. The molecule has 1 saturated carbocycles. The Labute approximate surface area is 101 Å². The van der Waals surface area contributed by atoms with E-state index in [9.17, 15) is 9.90 Å². The Hall–Kier alpha value is -1.36. The maximum atomic E-state index is 12.0. The largest absolute Gasteiger partial charge is 0.396 e. The Balaban J connectivity index is 1.99. The fourth-order valence-corrected chi connectivity index (χ4v) is 1.92. The molecule has 2 N–H and O–H groups in total.